The Morgan fingerprint density at radius 2 is 1.23 bits per heavy atom. The summed E-state index contributed by atoms with van der Waals surface area (Å²) in [5, 5.41) is 0. The van der Waals surface area contributed by atoms with Crippen LogP contribution < -0.4 is 9.47 Å². The molecule has 170 valence electrons. The summed E-state index contributed by atoms with van der Waals surface area (Å²) in [7, 11) is 2.60. The summed E-state index contributed by atoms with van der Waals surface area (Å²) < 4.78 is 37.0. The van der Waals surface area contributed by atoms with Crippen LogP contribution >= 0.6 is 0 Å². The van der Waals surface area contributed by atoms with Crippen molar-refractivity contribution < 1.29 is 52.3 Å². The Labute approximate surface area is 178 Å². The van der Waals surface area contributed by atoms with E-state index in [0.717, 1.165) is 27.9 Å². The highest BCUT2D eigenvalue weighted by molar-refractivity contribution is 5.77. The molecule has 0 N–H and O–H groups in total. The third-order valence-electron chi connectivity index (χ3n) is 4.15. The van der Waals surface area contributed by atoms with Gasteiger partial charge >= 0.3 is 23.9 Å². The SMILES string of the molecule is COC(=O)[C@H]1O[C@@H](Oc2ccc(OC)cc2)[C@H](OC(C)=O)[C@@H](OC(C)=O)[C@@H]1OC(C)=O. The fraction of sp³-hybridized carbons (Fsp3) is 0.500. The van der Waals surface area contributed by atoms with Crippen LogP contribution in [0.1, 0.15) is 20.8 Å². The van der Waals surface area contributed by atoms with E-state index in [2.05, 4.69) is 0 Å². The van der Waals surface area contributed by atoms with Gasteiger partial charge in [-0.1, -0.05) is 0 Å². The van der Waals surface area contributed by atoms with Crippen molar-refractivity contribution in [3.63, 3.8) is 0 Å². The van der Waals surface area contributed by atoms with E-state index in [4.69, 9.17) is 33.2 Å². The van der Waals surface area contributed by atoms with Crippen LogP contribution in [0.25, 0.3) is 0 Å². The minimum Gasteiger partial charge on any atom is -0.497 e. The first kappa shape index (κ1) is 23.9. The van der Waals surface area contributed by atoms with Crippen molar-refractivity contribution in [2.24, 2.45) is 0 Å². The summed E-state index contributed by atoms with van der Waals surface area (Å²) in [6.45, 7) is 3.33. The van der Waals surface area contributed by atoms with E-state index in [-0.39, 0.29) is 5.75 Å². The van der Waals surface area contributed by atoms with Crippen molar-refractivity contribution >= 4 is 23.9 Å². The Morgan fingerprint density at radius 3 is 1.71 bits per heavy atom. The molecule has 1 aliphatic rings. The quantitative estimate of drug-likeness (QED) is 0.440. The lowest BCUT2D eigenvalue weighted by Gasteiger charge is -2.43. The smallest absolute Gasteiger partial charge is 0.339 e. The summed E-state index contributed by atoms with van der Waals surface area (Å²) in [4.78, 5) is 47.5. The highest BCUT2D eigenvalue weighted by Crippen LogP contribution is 2.31. The summed E-state index contributed by atoms with van der Waals surface area (Å²) in [5.74, 6) is -2.36. The maximum Gasteiger partial charge on any atom is 0.339 e. The van der Waals surface area contributed by atoms with E-state index in [1.807, 2.05) is 0 Å². The van der Waals surface area contributed by atoms with E-state index in [9.17, 15) is 19.2 Å². The molecule has 0 aromatic heterocycles. The van der Waals surface area contributed by atoms with E-state index in [0.29, 0.717) is 5.75 Å². The Balaban J connectivity index is 2.46. The first-order chi connectivity index (χ1) is 14.7. The second-order valence-electron chi connectivity index (χ2n) is 6.46. The zero-order valence-corrected chi connectivity index (χ0v) is 17.7. The highest BCUT2D eigenvalue weighted by atomic mass is 16.7. The van der Waals surface area contributed by atoms with E-state index in [1.54, 1.807) is 24.3 Å². The van der Waals surface area contributed by atoms with Gasteiger partial charge in [0.05, 0.1) is 14.2 Å². The molecule has 0 saturated carbocycles. The van der Waals surface area contributed by atoms with E-state index >= 15 is 0 Å². The number of carbonyl (C=O) groups is 4. The molecule has 11 heteroatoms. The zero-order chi connectivity index (χ0) is 23.1. The van der Waals surface area contributed by atoms with Crippen LogP contribution in [0.5, 0.6) is 11.5 Å². The lowest BCUT2D eigenvalue weighted by Crippen LogP contribution is -2.64. The molecule has 1 fully saturated rings. The first-order valence-electron chi connectivity index (χ1n) is 9.22. The normalized spacial score (nSPS) is 25.0. The number of rotatable bonds is 7. The van der Waals surface area contributed by atoms with Crippen molar-refractivity contribution in [3.8, 4) is 11.5 Å². The lowest BCUT2D eigenvalue weighted by molar-refractivity contribution is -0.282. The summed E-state index contributed by atoms with van der Waals surface area (Å²) >= 11 is 0. The van der Waals surface area contributed by atoms with Crippen molar-refractivity contribution in [2.75, 3.05) is 14.2 Å². The number of hydrogen-bond donors (Lipinski definition) is 0. The molecule has 1 aromatic rings. The predicted molar refractivity (Wildman–Crippen MR) is 101 cm³/mol. The standard InChI is InChI=1S/C20H24O11/c1-10(21)27-15-16(28-11(2)22)18(29-12(3)23)20(31-17(15)19(24)26-5)30-14-8-6-13(25-4)7-9-14/h6-9,15-18,20H,1-5H3/t15-,16-,17-,18+,20+/m0/s1. The number of benzene rings is 1. The second kappa shape index (κ2) is 10.6. The molecule has 0 radical (unpaired) electrons. The summed E-state index contributed by atoms with van der Waals surface area (Å²) in [5.41, 5.74) is 0. The molecule has 0 bridgehead atoms. The van der Waals surface area contributed by atoms with Crippen LogP contribution in [0.15, 0.2) is 24.3 Å². The molecule has 11 nitrogen and oxygen atoms in total. The van der Waals surface area contributed by atoms with E-state index in [1.165, 1.54) is 7.11 Å². The predicted octanol–water partition coefficient (Wildman–Crippen LogP) is 0.767. The fourth-order valence-corrected chi connectivity index (χ4v) is 2.96. The van der Waals surface area contributed by atoms with Gasteiger partial charge in [-0.05, 0) is 24.3 Å². The fourth-order valence-electron chi connectivity index (χ4n) is 2.96. The van der Waals surface area contributed by atoms with Gasteiger partial charge in [-0.25, -0.2) is 4.79 Å². The zero-order valence-electron chi connectivity index (χ0n) is 17.7. The molecule has 31 heavy (non-hydrogen) atoms. The maximum atomic E-state index is 12.3. The van der Waals surface area contributed by atoms with Gasteiger partial charge in [0.25, 0.3) is 0 Å². The Morgan fingerprint density at radius 1 is 0.742 bits per heavy atom. The van der Waals surface area contributed by atoms with Gasteiger partial charge in [0, 0.05) is 20.8 Å². The molecule has 0 amide bonds. The number of carbonyl (C=O) groups excluding carboxylic acids is 4. The lowest BCUT2D eigenvalue weighted by atomic mass is 9.97. The molecule has 1 aliphatic heterocycles. The van der Waals surface area contributed by atoms with Crippen LogP contribution in [-0.2, 0) is 42.9 Å². The van der Waals surface area contributed by atoms with Gasteiger partial charge in [-0.3, -0.25) is 14.4 Å². The van der Waals surface area contributed by atoms with Crippen LogP contribution in [-0.4, -0.2) is 68.8 Å². The minimum absolute atomic E-state index is 0.277. The average Bonchev–Trinajstić information content (AvgIpc) is 2.71. The molecular weight excluding hydrogens is 416 g/mol. The average molecular weight is 440 g/mol. The number of hydrogen-bond acceptors (Lipinski definition) is 11. The molecule has 0 unspecified atom stereocenters. The minimum atomic E-state index is -1.52. The monoisotopic (exact) mass is 440 g/mol. The van der Waals surface area contributed by atoms with Gasteiger partial charge in [-0.2, -0.15) is 0 Å². The Bertz CT molecular complexity index is 804. The third kappa shape index (κ3) is 6.32. The second-order valence-corrected chi connectivity index (χ2v) is 6.46. The van der Waals surface area contributed by atoms with Crippen LogP contribution in [0, 0.1) is 0 Å². The van der Waals surface area contributed by atoms with Crippen molar-refractivity contribution in [3.05, 3.63) is 24.3 Å². The topological polar surface area (TPSA) is 133 Å². The largest absolute Gasteiger partial charge is 0.497 e. The molecule has 2 rings (SSSR count). The van der Waals surface area contributed by atoms with Crippen LogP contribution in [0.3, 0.4) is 0 Å². The van der Waals surface area contributed by atoms with Gasteiger partial charge in [0.1, 0.15) is 11.5 Å². The maximum absolute atomic E-state index is 12.3. The summed E-state index contributed by atoms with van der Waals surface area (Å²) in [6, 6.07) is 6.34. The summed E-state index contributed by atoms with van der Waals surface area (Å²) in [6.07, 6.45) is -7.15. The Hall–Kier alpha value is -3.34. The number of esters is 4. The molecular formula is C20H24O11. The van der Waals surface area contributed by atoms with Crippen LogP contribution in [0.4, 0.5) is 0 Å². The van der Waals surface area contributed by atoms with Gasteiger partial charge in [-0.15, -0.1) is 0 Å². The van der Waals surface area contributed by atoms with Crippen molar-refractivity contribution in [2.45, 2.75) is 51.5 Å². The van der Waals surface area contributed by atoms with Gasteiger partial charge in [0.15, 0.2) is 18.3 Å². The van der Waals surface area contributed by atoms with E-state index < -0.39 is 54.6 Å². The highest BCUT2D eigenvalue weighted by Gasteiger charge is 2.55. The van der Waals surface area contributed by atoms with Crippen molar-refractivity contribution in [1.29, 1.82) is 0 Å². The van der Waals surface area contributed by atoms with Gasteiger partial charge < -0.3 is 33.2 Å². The Kier molecular flexibility index (Phi) is 8.20. The number of ether oxygens (including phenoxy) is 7. The third-order valence-corrected chi connectivity index (χ3v) is 4.15. The molecule has 1 aromatic carbocycles. The number of methoxy groups -OCH3 is 2. The molecule has 0 aliphatic carbocycles. The first-order valence-corrected chi connectivity index (χ1v) is 9.22. The molecule has 1 heterocycles. The molecule has 5 atom stereocenters. The van der Waals surface area contributed by atoms with Crippen molar-refractivity contribution in [1.82, 2.24) is 0 Å². The molecule has 1 saturated heterocycles. The van der Waals surface area contributed by atoms with Crippen LogP contribution in [0.2, 0.25) is 0 Å². The van der Waals surface area contributed by atoms with Gasteiger partial charge in [0.2, 0.25) is 12.4 Å². The molecule has 0 spiro atoms.